The summed E-state index contributed by atoms with van der Waals surface area (Å²) < 4.78 is 35.5. The van der Waals surface area contributed by atoms with Gasteiger partial charge in [-0.15, -0.1) is 0 Å². The van der Waals surface area contributed by atoms with Crippen molar-refractivity contribution < 1.29 is 27.5 Å². The number of hydrogen-bond donors (Lipinski definition) is 1. The van der Waals surface area contributed by atoms with Crippen LogP contribution in [0.3, 0.4) is 0 Å². The molecule has 29 heavy (non-hydrogen) atoms. The van der Waals surface area contributed by atoms with E-state index in [-0.39, 0.29) is 6.61 Å². The van der Waals surface area contributed by atoms with E-state index in [0.29, 0.717) is 17.0 Å². The summed E-state index contributed by atoms with van der Waals surface area (Å²) >= 11 is 0. The lowest BCUT2D eigenvalue weighted by Gasteiger charge is -2.15. The SMILES string of the molecule is Cc1cc(C)c(OCC(=O)O[C@@H](C)C(=O)c2ccc(NS(C)(=O)=O)cc2)c(C)c1. The fourth-order valence-corrected chi connectivity index (χ4v) is 3.53. The monoisotopic (exact) mass is 419 g/mol. The van der Waals surface area contributed by atoms with Gasteiger partial charge in [0, 0.05) is 11.3 Å². The number of nitrogens with one attached hydrogen (secondary N) is 1. The van der Waals surface area contributed by atoms with Gasteiger partial charge in [-0.2, -0.15) is 0 Å². The minimum absolute atomic E-state index is 0.301. The van der Waals surface area contributed by atoms with E-state index in [2.05, 4.69) is 4.72 Å². The fraction of sp³-hybridized carbons (Fsp3) is 0.333. The Labute approximate surface area is 171 Å². The molecule has 0 aliphatic heterocycles. The summed E-state index contributed by atoms with van der Waals surface area (Å²) in [6, 6.07) is 9.79. The topological polar surface area (TPSA) is 98.8 Å². The Hall–Kier alpha value is -2.87. The minimum atomic E-state index is -3.40. The minimum Gasteiger partial charge on any atom is -0.481 e. The van der Waals surface area contributed by atoms with Gasteiger partial charge < -0.3 is 9.47 Å². The molecule has 7 nitrogen and oxygen atoms in total. The van der Waals surface area contributed by atoms with Crippen molar-refractivity contribution in [2.24, 2.45) is 0 Å². The molecule has 0 aliphatic rings. The van der Waals surface area contributed by atoms with Gasteiger partial charge in [-0.3, -0.25) is 9.52 Å². The molecule has 0 radical (unpaired) electrons. The van der Waals surface area contributed by atoms with Crippen LogP contribution in [-0.2, 0) is 19.6 Å². The van der Waals surface area contributed by atoms with Crippen LogP contribution in [0.15, 0.2) is 36.4 Å². The van der Waals surface area contributed by atoms with Gasteiger partial charge in [-0.05, 0) is 63.1 Å². The van der Waals surface area contributed by atoms with Crippen LogP contribution in [0.25, 0.3) is 0 Å². The second-order valence-electron chi connectivity index (χ2n) is 6.96. The first-order valence-corrected chi connectivity index (χ1v) is 10.9. The zero-order valence-electron chi connectivity index (χ0n) is 17.1. The summed E-state index contributed by atoms with van der Waals surface area (Å²) in [7, 11) is -3.40. The molecule has 1 atom stereocenters. The van der Waals surface area contributed by atoms with Crippen molar-refractivity contribution in [3.8, 4) is 5.75 Å². The Morgan fingerprint density at radius 3 is 2.10 bits per heavy atom. The van der Waals surface area contributed by atoms with Crippen molar-refractivity contribution in [3.63, 3.8) is 0 Å². The molecule has 0 aromatic heterocycles. The Balaban J connectivity index is 1.94. The number of esters is 1. The van der Waals surface area contributed by atoms with Crippen LogP contribution in [0.2, 0.25) is 0 Å². The summed E-state index contributed by atoms with van der Waals surface area (Å²) in [6.07, 6.45) is 0.0370. The number of anilines is 1. The van der Waals surface area contributed by atoms with E-state index >= 15 is 0 Å². The Morgan fingerprint density at radius 2 is 1.59 bits per heavy atom. The number of benzene rings is 2. The number of hydrogen-bond acceptors (Lipinski definition) is 6. The number of carbonyl (C=O) groups is 2. The summed E-state index contributed by atoms with van der Waals surface area (Å²) in [5.74, 6) is -0.423. The van der Waals surface area contributed by atoms with E-state index in [9.17, 15) is 18.0 Å². The van der Waals surface area contributed by atoms with Crippen LogP contribution < -0.4 is 9.46 Å². The van der Waals surface area contributed by atoms with E-state index < -0.39 is 27.9 Å². The Morgan fingerprint density at radius 1 is 1.03 bits per heavy atom. The van der Waals surface area contributed by atoms with Crippen LogP contribution in [-0.4, -0.2) is 39.1 Å². The molecule has 2 aromatic carbocycles. The first kappa shape index (κ1) is 22.4. The summed E-state index contributed by atoms with van der Waals surface area (Å²) in [5.41, 5.74) is 3.58. The quantitative estimate of drug-likeness (QED) is 0.521. The van der Waals surface area contributed by atoms with Crippen LogP contribution in [0, 0.1) is 20.8 Å². The maximum absolute atomic E-state index is 12.4. The van der Waals surface area contributed by atoms with E-state index in [1.54, 1.807) is 0 Å². The van der Waals surface area contributed by atoms with Crippen LogP contribution in [0.1, 0.15) is 34.0 Å². The molecular weight excluding hydrogens is 394 g/mol. The lowest BCUT2D eigenvalue weighted by atomic mass is 10.1. The number of aryl methyl sites for hydroxylation is 3. The molecule has 0 saturated carbocycles. The zero-order chi connectivity index (χ0) is 21.8. The van der Waals surface area contributed by atoms with Crippen molar-refractivity contribution in [1.29, 1.82) is 0 Å². The molecule has 0 heterocycles. The normalized spacial score (nSPS) is 12.2. The molecule has 0 bridgehead atoms. The standard InChI is InChI=1S/C21H25NO6S/c1-13-10-14(2)21(15(3)11-13)27-12-19(23)28-16(4)20(24)17-6-8-18(9-7-17)22-29(5,25)26/h6-11,16,22H,12H2,1-5H3/t16-/m0/s1. The number of ether oxygens (including phenoxy) is 2. The molecule has 2 rings (SSSR count). The van der Waals surface area contributed by atoms with Gasteiger partial charge in [-0.25, -0.2) is 13.2 Å². The van der Waals surface area contributed by atoms with E-state index in [0.717, 1.165) is 22.9 Å². The largest absolute Gasteiger partial charge is 0.481 e. The van der Waals surface area contributed by atoms with Gasteiger partial charge in [0.1, 0.15) is 5.75 Å². The van der Waals surface area contributed by atoms with Gasteiger partial charge in [0.15, 0.2) is 12.7 Å². The first-order valence-electron chi connectivity index (χ1n) is 8.98. The third-order valence-corrected chi connectivity index (χ3v) is 4.70. The second-order valence-corrected chi connectivity index (χ2v) is 8.71. The fourth-order valence-electron chi connectivity index (χ4n) is 2.96. The maximum atomic E-state index is 12.4. The maximum Gasteiger partial charge on any atom is 0.344 e. The molecule has 0 unspecified atom stereocenters. The van der Waals surface area contributed by atoms with Crippen molar-refractivity contribution in [2.75, 3.05) is 17.6 Å². The number of rotatable bonds is 8. The zero-order valence-corrected chi connectivity index (χ0v) is 17.9. The lowest BCUT2D eigenvalue weighted by Crippen LogP contribution is -2.27. The first-order chi connectivity index (χ1) is 13.5. The Kier molecular flexibility index (Phi) is 7.02. The molecule has 0 saturated heterocycles. The van der Waals surface area contributed by atoms with Gasteiger partial charge in [0.25, 0.3) is 0 Å². The number of ketones is 1. The Bertz CT molecular complexity index is 989. The lowest BCUT2D eigenvalue weighted by molar-refractivity contribution is -0.148. The molecule has 1 N–H and O–H groups in total. The number of Topliss-reactive ketones (excluding diaryl/α,β-unsaturated/α-hetero) is 1. The van der Waals surface area contributed by atoms with Crippen molar-refractivity contribution >= 4 is 27.5 Å². The van der Waals surface area contributed by atoms with Crippen molar-refractivity contribution in [3.05, 3.63) is 58.7 Å². The third-order valence-electron chi connectivity index (χ3n) is 4.09. The van der Waals surface area contributed by atoms with E-state index in [1.807, 2.05) is 32.9 Å². The smallest absolute Gasteiger partial charge is 0.344 e. The summed E-state index contributed by atoms with van der Waals surface area (Å²) in [6.45, 7) is 6.95. The highest BCUT2D eigenvalue weighted by Crippen LogP contribution is 2.24. The van der Waals surface area contributed by atoms with Gasteiger partial charge in [0.05, 0.1) is 6.26 Å². The summed E-state index contributed by atoms with van der Waals surface area (Å²) in [4.78, 5) is 24.5. The van der Waals surface area contributed by atoms with Gasteiger partial charge >= 0.3 is 5.97 Å². The predicted octanol–water partition coefficient (Wildman–Crippen LogP) is 3.18. The van der Waals surface area contributed by atoms with Crippen molar-refractivity contribution in [2.45, 2.75) is 33.8 Å². The number of carbonyl (C=O) groups excluding carboxylic acids is 2. The van der Waals surface area contributed by atoms with Gasteiger partial charge in [0.2, 0.25) is 15.8 Å². The predicted molar refractivity (Wildman–Crippen MR) is 111 cm³/mol. The molecule has 0 aliphatic carbocycles. The van der Waals surface area contributed by atoms with Crippen LogP contribution >= 0.6 is 0 Å². The average molecular weight is 419 g/mol. The molecule has 0 fully saturated rings. The molecule has 8 heteroatoms. The molecule has 0 spiro atoms. The molecule has 156 valence electrons. The van der Waals surface area contributed by atoms with Gasteiger partial charge in [-0.1, -0.05) is 17.7 Å². The highest BCUT2D eigenvalue weighted by Gasteiger charge is 2.20. The second kappa shape index (κ2) is 9.09. The van der Waals surface area contributed by atoms with E-state index in [1.165, 1.54) is 31.2 Å². The van der Waals surface area contributed by atoms with Crippen LogP contribution in [0.4, 0.5) is 5.69 Å². The molecular formula is C21H25NO6S. The molecule has 2 aromatic rings. The van der Waals surface area contributed by atoms with Crippen molar-refractivity contribution in [1.82, 2.24) is 0 Å². The molecule has 0 amide bonds. The van der Waals surface area contributed by atoms with Crippen LogP contribution in [0.5, 0.6) is 5.75 Å². The van der Waals surface area contributed by atoms with E-state index in [4.69, 9.17) is 9.47 Å². The highest BCUT2D eigenvalue weighted by atomic mass is 32.2. The average Bonchev–Trinajstić information content (AvgIpc) is 2.59. The highest BCUT2D eigenvalue weighted by molar-refractivity contribution is 7.92. The summed E-state index contributed by atoms with van der Waals surface area (Å²) in [5, 5.41) is 0. The third kappa shape index (κ3) is 6.60. The number of sulfonamides is 1.